The monoisotopic (exact) mass is 831 g/mol. The molecule has 0 aromatic heterocycles. The van der Waals surface area contributed by atoms with Crippen LogP contribution in [-0.2, 0) is 27.4 Å². The predicted molar refractivity (Wildman–Crippen MR) is 234 cm³/mol. The van der Waals surface area contributed by atoms with E-state index in [-0.39, 0.29) is 23.7 Å². The number of hydrogen-bond donors (Lipinski definition) is 0. The van der Waals surface area contributed by atoms with Crippen LogP contribution in [0, 0.1) is 17.8 Å². The minimum atomic E-state index is -0.587. The van der Waals surface area contributed by atoms with E-state index < -0.39 is 11.6 Å². The number of esters is 2. The van der Waals surface area contributed by atoms with Gasteiger partial charge in [-0.25, -0.2) is 14.4 Å². The lowest BCUT2D eigenvalue weighted by Gasteiger charge is -2.26. The maximum absolute atomic E-state index is 12.6. The number of amides is 1. The number of likely N-dealkylation sites (tertiary alicyclic amines) is 1. The number of rotatable bonds is 12. The molecule has 2 fully saturated rings. The van der Waals surface area contributed by atoms with Gasteiger partial charge in [0.25, 0.3) is 0 Å². The zero-order valence-corrected chi connectivity index (χ0v) is 36.3. The van der Waals surface area contributed by atoms with E-state index in [9.17, 15) is 14.4 Å². The molecule has 4 aromatic rings. The van der Waals surface area contributed by atoms with Crippen LogP contribution in [0.5, 0.6) is 23.0 Å². The summed E-state index contributed by atoms with van der Waals surface area (Å²) in [5.41, 5.74) is 3.45. The number of carbonyl (C=O) groups excluding carboxylic acids is 3. The van der Waals surface area contributed by atoms with Crippen LogP contribution in [0.1, 0.15) is 102 Å². The van der Waals surface area contributed by atoms with Crippen LogP contribution in [-0.4, -0.2) is 69.6 Å². The maximum atomic E-state index is 12.6. The van der Waals surface area contributed by atoms with Crippen molar-refractivity contribution >= 4 is 24.1 Å². The van der Waals surface area contributed by atoms with E-state index in [4.69, 9.17) is 33.2 Å². The summed E-state index contributed by atoms with van der Waals surface area (Å²) in [6, 6.07) is 26.2. The number of hydrogen-bond acceptors (Lipinski definition) is 10. The van der Waals surface area contributed by atoms with Crippen molar-refractivity contribution in [2.24, 2.45) is 5.92 Å². The van der Waals surface area contributed by atoms with E-state index in [0.29, 0.717) is 59.8 Å². The van der Waals surface area contributed by atoms with Gasteiger partial charge in [-0.3, -0.25) is 4.90 Å². The fourth-order valence-corrected chi connectivity index (χ4v) is 6.96. The van der Waals surface area contributed by atoms with Crippen LogP contribution in [0.2, 0.25) is 0 Å². The van der Waals surface area contributed by atoms with Crippen LogP contribution in [0.4, 0.5) is 4.79 Å². The average Bonchev–Trinajstić information content (AvgIpc) is 3.99. The molecule has 1 heterocycles. The Labute approximate surface area is 359 Å². The molecule has 1 atom stereocenters. The fraction of sp³-hybridized carbons (Fsp3) is 0.380. The third-order valence-electron chi connectivity index (χ3n) is 10.1. The molecular formula is C50H57NO10. The molecule has 11 heteroatoms. The van der Waals surface area contributed by atoms with Gasteiger partial charge >= 0.3 is 18.0 Å². The molecule has 1 aliphatic carbocycles. The van der Waals surface area contributed by atoms with Crippen molar-refractivity contribution in [2.75, 3.05) is 35.0 Å². The molecule has 1 saturated heterocycles. The number of ether oxygens (including phenoxy) is 7. The van der Waals surface area contributed by atoms with E-state index in [1.165, 1.54) is 47.0 Å². The van der Waals surface area contributed by atoms with Crippen molar-refractivity contribution in [3.05, 3.63) is 124 Å². The van der Waals surface area contributed by atoms with Gasteiger partial charge in [0, 0.05) is 18.2 Å². The topological polar surface area (TPSA) is 119 Å². The van der Waals surface area contributed by atoms with E-state index in [2.05, 4.69) is 17.9 Å². The highest BCUT2D eigenvalue weighted by Crippen LogP contribution is 2.35. The summed E-state index contributed by atoms with van der Waals surface area (Å²) in [5.74, 6) is 7.86. The first kappa shape index (κ1) is 45.7. The van der Waals surface area contributed by atoms with Crippen molar-refractivity contribution in [3.8, 4) is 34.8 Å². The van der Waals surface area contributed by atoms with Gasteiger partial charge in [0.15, 0.2) is 23.0 Å². The van der Waals surface area contributed by atoms with Crippen molar-refractivity contribution in [1.82, 2.24) is 4.90 Å². The first-order valence-corrected chi connectivity index (χ1v) is 20.6. The third-order valence-corrected chi connectivity index (χ3v) is 10.1. The Kier molecular flexibility index (Phi) is 16.7. The number of allylic oxidation sites excluding steroid dienone is 1. The molecule has 2 aliphatic rings. The Morgan fingerprint density at radius 1 is 0.689 bits per heavy atom. The summed E-state index contributed by atoms with van der Waals surface area (Å²) in [4.78, 5) is 38.9. The Bertz CT molecular complexity index is 2180. The molecule has 0 unspecified atom stereocenters. The summed E-state index contributed by atoms with van der Waals surface area (Å²) in [6.07, 6.45) is 10.3. The zero-order valence-electron chi connectivity index (χ0n) is 36.3. The summed E-state index contributed by atoms with van der Waals surface area (Å²) in [6.45, 7) is 6.83. The second-order valence-electron chi connectivity index (χ2n) is 15.7. The molecule has 322 valence electrons. The lowest BCUT2D eigenvalue weighted by molar-refractivity contribution is 0.0260. The maximum Gasteiger partial charge on any atom is 0.411 e. The highest BCUT2D eigenvalue weighted by molar-refractivity contribution is 5.95. The van der Waals surface area contributed by atoms with E-state index in [0.717, 1.165) is 29.5 Å². The first-order chi connectivity index (χ1) is 29.4. The van der Waals surface area contributed by atoms with E-state index >= 15 is 0 Å². The smallest absolute Gasteiger partial charge is 0.411 e. The minimum Gasteiger partial charge on any atom is -0.493 e. The zero-order chi connectivity index (χ0) is 43.8. The molecule has 4 aromatic carbocycles. The molecular weight excluding hydrogens is 775 g/mol. The number of benzene rings is 4. The fourth-order valence-electron chi connectivity index (χ4n) is 6.96. The Morgan fingerprint density at radius 3 is 1.77 bits per heavy atom. The van der Waals surface area contributed by atoms with Gasteiger partial charge < -0.3 is 33.2 Å². The molecule has 1 aliphatic heterocycles. The average molecular weight is 832 g/mol. The molecule has 0 bridgehead atoms. The second-order valence-corrected chi connectivity index (χ2v) is 15.7. The third kappa shape index (κ3) is 13.3. The highest BCUT2D eigenvalue weighted by Gasteiger charge is 2.31. The van der Waals surface area contributed by atoms with Gasteiger partial charge in [0.1, 0.15) is 18.8 Å². The molecule has 0 radical (unpaired) electrons. The van der Waals surface area contributed by atoms with Crippen molar-refractivity contribution in [2.45, 2.75) is 84.2 Å². The minimum absolute atomic E-state index is 0.265. The lowest BCUT2D eigenvalue weighted by atomic mass is 10.0. The summed E-state index contributed by atoms with van der Waals surface area (Å²) >= 11 is 0. The Balaban J connectivity index is 0.000000237. The Morgan fingerprint density at radius 2 is 1.23 bits per heavy atom. The molecule has 0 N–H and O–H groups in total. The van der Waals surface area contributed by atoms with E-state index in [1.54, 1.807) is 30.2 Å². The quantitative estimate of drug-likeness (QED) is 0.0775. The van der Waals surface area contributed by atoms with Crippen LogP contribution in [0.3, 0.4) is 0 Å². The summed E-state index contributed by atoms with van der Waals surface area (Å²) in [5, 5.41) is 0. The summed E-state index contributed by atoms with van der Waals surface area (Å²) < 4.78 is 38.3. The molecule has 0 spiro atoms. The van der Waals surface area contributed by atoms with Gasteiger partial charge in [0.2, 0.25) is 0 Å². The number of carbonyl (C=O) groups is 3. The van der Waals surface area contributed by atoms with Gasteiger partial charge in [-0.2, -0.15) is 0 Å². The van der Waals surface area contributed by atoms with Crippen LogP contribution in [0.25, 0.3) is 6.08 Å². The summed E-state index contributed by atoms with van der Waals surface area (Å²) in [7, 11) is 5.78. The van der Waals surface area contributed by atoms with Crippen molar-refractivity contribution < 1.29 is 47.5 Å². The first-order valence-electron chi connectivity index (χ1n) is 20.6. The second kappa shape index (κ2) is 22.3. The SMILES string of the molecule is COC(=O)c1cc(OC)c(OCc2ccccc2)cc1/C=C\C1CCCC1.COC(=O)c1cc(OC)c(OCc2ccccc2)cc1C#C[C@@H]1CCCN1C(=O)OC(C)(C)C. The highest BCUT2D eigenvalue weighted by atomic mass is 16.6. The van der Waals surface area contributed by atoms with Gasteiger partial charge in [-0.15, -0.1) is 0 Å². The van der Waals surface area contributed by atoms with Crippen LogP contribution < -0.4 is 18.9 Å². The molecule has 1 amide bonds. The normalized spacial score (nSPS) is 14.9. The standard InChI is InChI=1S/C27H31NO6.C23H26O4/c1-27(2,3)34-26(30)28-15-9-12-21(28)14-13-20-16-24(33-18-19-10-7-6-8-11-19)23(31-4)17-22(20)25(29)32-5;1-25-21-15-20(23(24)26-2)19(13-12-17-8-6-7-9-17)14-22(21)27-16-18-10-4-3-5-11-18/h6-8,10-11,16-17,21H,9,12,15,18H2,1-5H3;3-5,10-15,17H,6-9,16H2,1-2H3/b;13-12-/t21-;/m0./s1. The Hall–Kier alpha value is -6.41. The van der Waals surface area contributed by atoms with E-state index in [1.807, 2.05) is 93.6 Å². The van der Waals surface area contributed by atoms with Crippen molar-refractivity contribution in [1.29, 1.82) is 0 Å². The molecule has 1 saturated carbocycles. The van der Waals surface area contributed by atoms with Crippen LogP contribution >= 0.6 is 0 Å². The molecule has 61 heavy (non-hydrogen) atoms. The number of methoxy groups -OCH3 is 4. The molecule has 6 rings (SSSR count). The van der Waals surface area contributed by atoms with Crippen molar-refractivity contribution in [3.63, 3.8) is 0 Å². The largest absolute Gasteiger partial charge is 0.493 e. The molecule has 11 nitrogen and oxygen atoms in total. The van der Waals surface area contributed by atoms with Gasteiger partial charge in [0.05, 0.1) is 45.6 Å². The predicted octanol–water partition coefficient (Wildman–Crippen LogP) is 10.1. The number of nitrogens with zero attached hydrogens (tertiary/aromatic N) is 1. The van der Waals surface area contributed by atoms with Gasteiger partial charge in [-0.05, 0) is 87.3 Å². The lowest BCUT2D eigenvalue weighted by Crippen LogP contribution is -2.39. The van der Waals surface area contributed by atoms with Gasteiger partial charge in [-0.1, -0.05) is 97.5 Å². The van der Waals surface area contributed by atoms with Crippen LogP contribution in [0.15, 0.2) is 91.0 Å².